The largest absolute Gasteiger partial charge is 0.508 e. The quantitative estimate of drug-likeness (QED) is 0.198. The minimum absolute atomic E-state index is 0.0740. The number of carbonyl (C=O) groups excluding carboxylic acids is 2. The number of benzene rings is 3. The Bertz CT molecular complexity index is 1790. The van der Waals surface area contributed by atoms with E-state index in [2.05, 4.69) is 10.2 Å². The van der Waals surface area contributed by atoms with Crippen molar-refractivity contribution in [2.45, 2.75) is 38.0 Å². The van der Waals surface area contributed by atoms with Crippen LogP contribution in [-0.2, 0) is 16.0 Å². The molecule has 4 aliphatic heterocycles. The fourth-order valence-electron chi connectivity index (χ4n) is 6.55. The number of aromatic hydroxyl groups is 1. The molecule has 3 saturated heterocycles. The molecule has 0 spiro atoms. The van der Waals surface area contributed by atoms with Crippen LogP contribution in [0.1, 0.15) is 46.9 Å². The lowest BCUT2D eigenvalue weighted by atomic mass is 9.86. The summed E-state index contributed by atoms with van der Waals surface area (Å²) in [5.74, 6) is -0.262. The number of piperidine rings is 3. The highest BCUT2D eigenvalue weighted by Crippen LogP contribution is 2.38. The first-order chi connectivity index (χ1) is 24.1. The van der Waals surface area contributed by atoms with Crippen LogP contribution >= 0.6 is 23.2 Å². The summed E-state index contributed by atoms with van der Waals surface area (Å²) in [5.41, 5.74) is 2.00. The van der Waals surface area contributed by atoms with Crippen LogP contribution in [0.2, 0.25) is 0 Å². The second-order valence-corrected chi connectivity index (χ2v) is 13.3. The first kappa shape index (κ1) is 35.4. The topological polar surface area (TPSA) is 110 Å². The number of rotatable bonds is 11. The summed E-state index contributed by atoms with van der Waals surface area (Å²) in [6.45, 7) is 2.90. The molecule has 1 amide bonds. The highest BCUT2D eigenvalue weighted by atomic mass is 35.5. The number of hydrogen-bond acceptors (Lipinski definition) is 9. The van der Waals surface area contributed by atoms with Crippen LogP contribution in [0.4, 0.5) is 14.9 Å². The highest BCUT2D eigenvalue weighted by molar-refractivity contribution is 6.36. The number of esters is 1. The molecule has 4 heterocycles. The number of ether oxygens (including phenoxy) is 4. The normalized spacial score (nSPS) is 20.3. The van der Waals surface area contributed by atoms with Crippen molar-refractivity contribution < 1.29 is 38.0 Å². The van der Waals surface area contributed by atoms with Crippen LogP contribution in [0, 0.1) is 11.7 Å². The average Bonchev–Trinajstić information content (AvgIpc) is 3.13. The molecule has 0 unspecified atom stereocenters. The van der Waals surface area contributed by atoms with Crippen molar-refractivity contribution >= 4 is 41.0 Å². The van der Waals surface area contributed by atoms with Crippen LogP contribution in [0.3, 0.4) is 0 Å². The molecule has 4 aliphatic rings. The summed E-state index contributed by atoms with van der Waals surface area (Å²) in [5, 5.41) is 14.1. The second kappa shape index (κ2) is 15.6. The van der Waals surface area contributed by atoms with E-state index >= 15 is 4.39 Å². The van der Waals surface area contributed by atoms with Crippen molar-refractivity contribution in [3.8, 4) is 17.2 Å². The smallest absolute Gasteiger partial charge is 0.415 e. The average molecular weight is 727 g/mol. The Balaban J connectivity index is 1.22. The lowest BCUT2D eigenvalue weighted by molar-refractivity contribution is -0.0311. The number of nitrogens with zero attached hydrogens (tertiary/aromatic N) is 2. The molecule has 10 nitrogen and oxygen atoms in total. The van der Waals surface area contributed by atoms with E-state index in [-0.39, 0.29) is 42.0 Å². The molecular formula is C37H38Cl2FN3O7. The molecule has 3 aromatic rings. The zero-order valence-electron chi connectivity index (χ0n) is 27.7. The first-order valence-electron chi connectivity index (χ1n) is 16.3. The van der Waals surface area contributed by atoms with Crippen LogP contribution in [0.25, 0.3) is 0 Å². The number of halogens is 3. The maximum atomic E-state index is 15.1. The SMILES string of the molecule is COc1ccc([C@H](CC2=C(Cl)CNC=C2Cl)OC(=O)c2ccc(CN(C(=O)O[C@H]3CN4CCC3CC4)c3cc(O)ccc3F)cc2)cc1OC. The lowest BCUT2D eigenvalue weighted by Crippen LogP contribution is -2.53. The van der Waals surface area contributed by atoms with E-state index in [1.807, 2.05) is 0 Å². The molecule has 0 aliphatic carbocycles. The van der Waals surface area contributed by atoms with E-state index in [0.717, 1.165) is 32.0 Å². The van der Waals surface area contributed by atoms with Crippen molar-refractivity contribution in [2.24, 2.45) is 5.92 Å². The second-order valence-electron chi connectivity index (χ2n) is 12.4. The van der Waals surface area contributed by atoms with Gasteiger partial charge in [0.2, 0.25) is 0 Å². The Labute approximate surface area is 299 Å². The third-order valence-electron chi connectivity index (χ3n) is 9.34. The number of anilines is 1. The van der Waals surface area contributed by atoms with Crippen molar-refractivity contribution in [1.82, 2.24) is 10.2 Å². The van der Waals surface area contributed by atoms with Gasteiger partial charge in [-0.3, -0.25) is 9.80 Å². The maximum Gasteiger partial charge on any atom is 0.415 e. The Morgan fingerprint density at radius 1 is 1.02 bits per heavy atom. The van der Waals surface area contributed by atoms with Gasteiger partial charge in [0, 0.05) is 30.3 Å². The number of amides is 1. The Kier molecular flexibility index (Phi) is 11.1. The van der Waals surface area contributed by atoms with Gasteiger partial charge in [-0.15, -0.1) is 0 Å². The Hall–Kier alpha value is -4.45. The summed E-state index contributed by atoms with van der Waals surface area (Å²) in [6, 6.07) is 15.2. The predicted molar refractivity (Wildman–Crippen MR) is 187 cm³/mol. The zero-order valence-corrected chi connectivity index (χ0v) is 29.2. The van der Waals surface area contributed by atoms with E-state index in [1.54, 1.807) is 48.7 Å². The Morgan fingerprint density at radius 3 is 2.42 bits per heavy atom. The van der Waals surface area contributed by atoms with E-state index in [0.29, 0.717) is 51.4 Å². The van der Waals surface area contributed by atoms with Gasteiger partial charge in [0.15, 0.2) is 11.5 Å². The number of nitrogens with one attached hydrogen (secondary N) is 1. The Morgan fingerprint density at radius 2 is 1.76 bits per heavy atom. The van der Waals surface area contributed by atoms with E-state index in [1.165, 1.54) is 31.3 Å². The van der Waals surface area contributed by atoms with Crippen molar-refractivity contribution in [1.29, 1.82) is 0 Å². The predicted octanol–water partition coefficient (Wildman–Crippen LogP) is 7.25. The summed E-state index contributed by atoms with van der Waals surface area (Å²) in [7, 11) is 3.05. The number of phenolic OH excluding ortho intramolecular Hbond substituents is 1. The van der Waals surface area contributed by atoms with Crippen LogP contribution < -0.4 is 19.7 Å². The monoisotopic (exact) mass is 725 g/mol. The van der Waals surface area contributed by atoms with E-state index in [4.69, 9.17) is 42.1 Å². The van der Waals surface area contributed by atoms with E-state index < -0.39 is 24.0 Å². The molecule has 13 heteroatoms. The summed E-state index contributed by atoms with van der Waals surface area (Å²) in [6.07, 6.45) is 1.91. The molecule has 2 N–H and O–H groups in total. The molecule has 3 fully saturated rings. The number of hydrogen-bond donors (Lipinski definition) is 2. The molecule has 3 aromatic carbocycles. The maximum absolute atomic E-state index is 15.1. The lowest BCUT2D eigenvalue weighted by Gasteiger charge is -2.44. The fraction of sp³-hybridized carbons (Fsp3) is 0.351. The summed E-state index contributed by atoms with van der Waals surface area (Å²) >= 11 is 13.0. The number of allylic oxidation sites excluding steroid dienone is 1. The molecule has 50 heavy (non-hydrogen) atoms. The van der Waals surface area contributed by atoms with Gasteiger partial charge in [-0.2, -0.15) is 0 Å². The molecule has 0 radical (unpaired) electrons. The zero-order chi connectivity index (χ0) is 35.4. The molecule has 0 aromatic heterocycles. The first-order valence-corrected chi connectivity index (χ1v) is 17.1. The molecule has 0 saturated carbocycles. The number of phenols is 1. The van der Waals surface area contributed by atoms with Crippen molar-refractivity contribution in [3.05, 3.63) is 105 Å². The van der Waals surface area contributed by atoms with E-state index in [9.17, 15) is 14.7 Å². The van der Waals surface area contributed by atoms with Gasteiger partial charge in [0.05, 0.1) is 43.6 Å². The standard InChI is InChI=1S/C37H38Cl2FN3O7/c1-47-32-10-7-25(15-34(32)48-2)33(17-27-28(38)18-41-19-29(27)39)49-36(45)24-5-3-22(4-6-24)20-43(31-16-26(44)8-9-30(31)40)37(46)50-35-21-42-13-11-23(35)12-14-42/h3-10,15-16,18,23,33,35,41,44H,11-14,17,19-21H2,1-2H3/t33-,35-/m0/s1. The number of fused-ring (bicyclic) bond motifs is 3. The summed E-state index contributed by atoms with van der Waals surface area (Å²) in [4.78, 5) is 30.6. The minimum Gasteiger partial charge on any atom is -0.508 e. The van der Waals surface area contributed by atoms with Gasteiger partial charge < -0.3 is 29.4 Å². The minimum atomic E-state index is -0.795. The molecular weight excluding hydrogens is 688 g/mol. The third-order valence-corrected chi connectivity index (χ3v) is 10.0. The van der Waals surface area contributed by atoms with Gasteiger partial charge >= 0.3 is 12.1 Å². The van der Waals surface area contributed by atoms with Crippen molar-refractivity contribution in [3.63, 3.8) is 0 Å². The number of dihydropyridines is 1. The van der Waals surface area contributed by atoms with Crippen LogP contribution in [0.15, 0.2) is 82.5 Å². The van der Waals surface area contributed by atoms with Gasteiger partial charge in [-0.25, -0.2) is 14.0 Å². The van der Waals surface area contributed by atoms with Gasteiger partial charge in [-0.1, -0.05) is 41.4 Å². The molecule has 7 rings (SSSR count). The molecule has 264 valence electrons. The number of methoxy groups -OCH3 is 2. The molecule has 2 bridgehead atoms. The number of carbonyl (C=O) groups is 2. The molecule has 2 atom stereocenters. The van der Waals surface area contributed by atoms with Crippen LogP contribution in [0.5, 0.6) is 17.2 Å². The highest BCUT2D eigenvalue weighted by Gasteiger charge is 2.38. The van der Waals surface area contributed by atoms with Gasteiger partial charge in [-0.05, 0) is 84.9 Å². The van der Waals surface area contributed by atoms with Crippen LogP contribution in [-0.4, -0.2) is 68.6 Å². The van der Waals surface area contributed by atoms with Crippen molar-refractivity contribution in [2.75, 3.05) is 45.3 Å². The fourth-order valence-corrected chi connectivity index (χ4v) is 7.12. The van der Waals surface area contributed by atoms with Gasteiger partial charge in [0.25, 0.3) is 0 Å². The third kappa shape index (κ3) is 7.96. The van der Waals surface area contributed by atoms with Gasteiger partial charge in [0.1, 0.15) is 23.8 Å². The summed E-state index contributed by atoms with van der Waals surface area (Å²) < 4.78 is 37.9.